The molecule has 3 nitrogen and oxygen atoms in total. The van der Waals surface area contributed by atoms with E-state index in [-0.39, 0.29) is 0 Å². The van der Waals surface area contributed by atoms with Gasteiger partial charge in [-0.1, -0.05) is 0 Å². The topological polar surface area (TPSA) is 27.7 Å². The monoisotopic (exact) mass is 642 g/mol. The van der Waals surface area contributed by atoms with Crippen molar-refractivity contribution in [3.05, 3.63) is 57.6 Å². The summed E-state index contributed by atoms with van der Waals surface area (Å²) in [6, 6.07) is 8.72. The SMILES string of the molecule is CCCc1ccc([O][Sn]([CH3])([CH3])[O][Sn]([CH3])([CH3])[O]c2ccc(CCC)c(C)c2C)c(C)c1C. The Morgan fingerprint density at radius 3 is 1.26 bits per heavy atom. The second-order valence-electron chi connectivity index (χ2n) is 9.55. The molecule has 0 saturated heterocycles. The van der Waals surface area contributed by atoms with Gasteiger partial charge in [-0.2, -0.15) is 0 Å². The molecule has 0 N–H and O–H groups in total. The van der Waals surface area contributed by atoms with Gasteiger partial charge in [0.05, 0.1) is 0 Å². The van der Waals surface area contributed by atoms with Crippen LogP contribution < -0.4 is 6.15 Å². The molecule has 0 amide bonds. The normalized spacial score (nSPS) is 12.2. The average Bonchev–Trinajstić information content (AvgIpc) is 2.66. The van der Waals surface area contributed by atoms with Crippen molar-refractivity contribution in [3.63, 3.8) is 0 Å². The van der Waals surface area contributed by atoms with Crippen LogP contribution in [-0.2, 0) is 14.3 Å². The van der Waals surface area contributed by atoms with Gasteiger partial charge in [0, 0.05) is 0 Å². The average molecular weight is 640 g/mol. The van der Waals surface area contributed by atoms with Gasteiger partial charge in [-0.3, -0.25) is 0 Å². The molecule has 5 heteroatoms. The molecule has 0 fully saturated rings. The number of benzene rings is 2. The third-order valence-electron chi connectivity index (χ3n) is 5.94. The summed E-state index contributed by atoms with van der Waals surface area (Å²) < 4.78 is 19.9. The zero-order valence-electron chi connectivity index (χ0n) is 21.4. The van der Waals surface area contributed by atoms with Crippen LogP contribution >= 0.6 is 0 Å². The van der Waals surface area contributed by atoms with E-state index in [0.29, 0.717) is 0 Å². The molecule has 2 rings (SSSR count). The standard InChI is InChI=1S/2C11H16O.4CH3.O.2Sn/c2*1-4-5-10-6-7-11(12)9(3)8(10)2;;;;;;;/h2*6-7,12H,4-5H2,1-3H3;4*1H3;;;/q;;;;;;;2*+1/p-2. The number of hydrogen-bond donors (Lipinski definition) is 0. The van der Waals surface area contributed by atoms with Crippen molar-refractivity contribution in [3.8, 4) is 11.5 Å². The second kappa shape index (κ2) is 11.1. The Morgan fingerprint density at radius 2 is 0.935 bits per heavy atom. The first-order chi connectivity index (χ1) is 14.4. The fourth-order valence-corrected chi connectivity index (χ4v) is 36.3. The van der Waals surface area contributed by atoms with Gasteiger partial charge in [-0.05, 0) is 0 Å². The maximum atomic E-state index is 6.75. The minimum atomic E-state index is -3.26. The number of aryl methyl sites for hydroxylation is 2. The number of rotatable bonds is 10. The van der Waals surface area contributed by atoms with Gasteiger partial charge in [0.15, 0.2) is 0 Å². The molecule has 0 aliphatic rings. The van der Waals surface area contributed by atoms with E-state index in [1.807, 2.05) is 0 Å². The van der Waals surface area contributed by atoms with Crippen LogP contribution in [0.25, 0.3) is 0 Å². The van der Waals surface area contributed by atoms with Crippen LogP contribution in [0.4, 0.5) is 0 Å². The van der Waals surface area contributed by atoms with E-state index in [1.54, 1.807) is 0 Å². The Morgan fingerprint density at radius 1 is 0.581 bits per heavy atom. The van der Waals surface area contributed by atoms with Gasteiger partial charge in [0.1, 0.15) is 0 Å². The Hall–Kier alpha value is -0.403. The zero-order chi connectivity index (χ0) is 23.4. The van der Waals surface area contributed by atoms with Crippen molar-refractivity contribution < 1.29 is 7.56 Å². The Labute approximate surface area is 200 Å². The van der Waals surface area contributed by atoms with Gasteiger partial charge in [0.2, 0.25) is 0 Å². The molecular weight excluding hydrogens is 598 g/mol. The first kappa shape index (κ1) is 26.8. The third-order valence-corrected chi connectivity index (χ3v) is 31.6. The summed E-state index contributed by atoms with van der Waals surface area (Å²) in [5.74, 6) is 1.97. The molecule has 0 aliphatic carbocycles. The molecule has 31 heavy (non-hydrogen) atoms. The fraction of sp³-hybridized carbons (Fsp3) is 0.538. The molecular formula is C26H42O3Sn2. The van der Waals surface area contributed by atoms with E-state index in [0.717, 1.165) is 37.2 Å². The van der Waals surface area contributed by atoms with E-state index < -0.39 is 38.4 Å². The van der Waals surface area contributed by atoms with E-state index in [4.69, 9.17) is 7.56 Å². The van der Waals surface area contributed by atoms with E-state index in [9.17, 15) is 0 Å². The third kappa shape index (κ3) is 7.29. The van der Waals surface area contributed by atoms with Gasteiger partial charge >= 0.3 is 202 Å². The van der Waals surface area contributed by atoms with Crippen molar-refractivity contribution in [1.29, 1.82) is 0 Å². The van der Waals surface area contributed by atoms with Crippen molar-refractivity contribution in [2.24, 2.45) is 0 Å². The van der Waals surface area contributed by atoms with Gasteiger partial charge in [-0.15, -0.1) is 0 Å². The van der Waals surface area contributed by atoms with Gasteiger partial charge in [0.25, 0.3) is 0 Å². The van der Waals surface area contributed by atoms with Crippen molar-refractivity contribution in [1.82, 2.24) is 0 Å². The van der Waals surface area contributed by atoms with Crippen LogP contribution in [0.2, 0.25) is 19.8 Å². The molecule has 0 saturated carbocycles. The van der Waals surface area contributed by atoms with Crippen LogP contribution in [-0.4, -0.2) is 38.4 Å². The number of hydrogen-bond acceptors (Lipinski definition) is 3. The quantitative estimate of drug-likeness (QED) is 0.250. The molecule has 2 aromatic carbocycles. The molecule has 0 aromatic heterocycles. The Kier molecular flexibility index (Phi) is 9.65. The van der Waals surface area contributed by atoms with Gasteiger partial charge in [-0.25, -0.2) is 0 Å². The Balaban J connectivity index is 2.17. The summed E-state index contributed by atoms with van der Waals surface area (Å²) in [6.07, 6.45) is 4.55. The summed E-state index contributed by atoms with van der Waals surface area (Å²) in [6.45, 7) is 13.2. The molecule has 0 spiro atoms. The first-order valence-electron chi connectivity index (χ1n) is 11.7. The van der Waals surface area contributed by atoms with E-state index in [1.165, 1.54) is 33.4 Å². The first-order valence-corrected chi connectivity index (χ1v) is 27.7. The summed E-state index contributed by atoms with van der Waals surface area (Å²) in [4.78, 5) is 8.81. The van der Waals surface area contributed by atoms with Crippen LogP contribution in [0.1, 0.15) is 60.1 Å². The molecule has 0 atom stereocenters. The summed E-state index contributed by atoms with van der Waals surface area (Å²) >= 11 is -6.51. The van der Waals surface area contributed by atoms with Crippen molar-refractivity contribution in [2.45, 2.75) is 87.0 Å². The van der Waals surface area contributed by atoms with Crippen LogP contribution in [0.15, 0.2) is 24.3 Å². The molecule has 0 aliphatic heterocycles. The predicted molar refractivity (Wildman–Crippen MR) is 137 cm³/mol. The molecule has 2 aromatic rings. The summed E-state index contributed by atoms with van der Waals surface area (Å²) in [5.41, 5.74) is 8.01. The van der Waals surface area contributed by atoms with Crippen molar-refractivity contribution in [2.75, 3.05) is 0 Å². The molecule has 172 valence electrons. The summed E-state index contributed by atoms with van der Waals surface area (Å²) in [5, 5.41) is 0. The molecule has 0 unspecified atom stereocenters. The fourth-order valence-electron chi connectivity index (χ4n) is 4.17. The van der Waals surface area contributed by atoms with Crippen molar-refractivity contribution >= 4 is 38.4 Å². The van der Waals surface area contributed by atoms with E-state index in [2.05, 4.69) is 85.6 Å². The Bertz CT molecular complexity index is 831. The zero-order valence-corrected chi connectivity index (χ0v) is 27.1. The van der Waals surface area contributed by atoms with Crippen LogP contribution in [0.3, 0.4) is 0 Å². The summed E-state index contributed by atoms with van der Waals surface area (Å²) in [7, 11) is 0. The van der Waals surface area contributed by atoms with Crippen LogP contribution in [0, 0.1) is 27.7 Å². The van der Waals surface area contributed by atoms with Crippen LogP contribution in [0.5, 0.6) is 11.5 Å². The minimum absolute atomic E-state index is 0.983. The van der Waals surface area contributed by atoms with E-state index >= 15 is 0 Å². The van der Waals surface area contributed by atoms with Gasteiger partial charge < -0.3 is 0 Å². The molecule has 0 bridgehead atoms. The molecule has 0 radical (unpaired) electrons. The second-order valence-corrected chi connectivity index (χ2v) is 31.2. The maximum absolute atomic E-state index is 6.75. The molecule has 0 heterocycles. The predicted octanol–water partition coefficient (Wildman–Crippen LogP) is 7.70.